The van der Waals surface area contributed by atoms with Crippen molar-refractivity contribution in [2.45, 2.75) is 18.9 Å². The number of urea groups is 1. The highest BCUT2D eigenvalue weighted by Crippen LogP contribution is 2.33. The van der Waals surface area contributed by atoms with Crippen LogP contribution in [0.25, 0.3) is 17.1 Å². The lowest BCUT2D eigenvalue weighted by Gasteiger charge is -2.37. The van der Waals surface area contributed by atoms with Gasteiger partial charge in [0, 0.05) is 61.6 Å². The van der Waals surface area contributed by atoms with E-state index in [-0.39, 0.29) is 36.4 Å². The third-order valence-corrected chi connectivity index (χ3v) is 6.67. The van der Waals surface area contributed by atoms with Gasteiger partial charge >= 0.3 is 6.03 Å². The lowest BCUT2D eigenvalue weighted by atomic mass is 9.84. The van der Waals surface area contributed by atoms with Crippen LogP contribution in [-0.2, 0) is 6.54 Å². The Morgan fingerprint density at radius 2 is 1.88 bits per heavy atom. The zero-order valence-corrected chi connectivity index (χ0v) is 19.6. The molecule has 6 rings (SSSR count). The van der Waals surface area contributed by atoms with Gasteiger partial charge in [-0.15, -0.1) is 24.8 Å². The number of halogens is 2. The molecular weight excluding hydrogens is 463 g/mol. The van der Waals surface area contributed by atoms with Crippen LogP contribution in [0.5, 0.6) is 0 Å². The molecule has 174 valence electrons. The van der Waals surface area contributed by atoms with Gasteiger partial charge in [0.15, 0.2) is 0 Å². The number of anilines is 1. The lowest BCUT2D eigenvalue weighted by Crippen LogP contribution is -2.45. The molecule has 33 heavy (non-hydrogen) atoms. The standard InChI is InChI=1S/C23H24N6O2.2ClH/c30-22-19(4-5-20-16-10-15(12-24-13-16)14-29(20)22)21-25-6-8-27(21)17-2-1-3-18(11-17)28-9-7-26-23(28)31;;/h1-6,8,11,15-16,24H,7,9-10,12-14H2,(H,26,31);2*1H/t15-,16+;;/m0../s1. The highest BCUT2D eigenvalue weighted by molar-refractivity contribution is 5.94. The molecule has 1 aromatic carbocycles. The molecule has 2 bridgehead atoms. The summed E-state index contributed by atoms with van der Waals surface area (Å²) < 4.78 is 3.88. The third kappa shape index (κ3) is 3.92. The van der Waals surface area contributed by atoms with E-state index in [1.807, 2.05) is 45.7 Å². The summed E-state index contributed by atoms with van der Waals surface area (Å²) in [4.78, 5) is 31.8. The second-order valence-corrected chi connectivity index (χ2v) is 8.57. The Kier molecular flexibility index (Phi) is 6.52. The second kappa shape index (κ2) is 9.21. The monoisotopic (exact) mass is 488 g/mol. The quantitative estimate of drug-likeness (QED) is 0.593. The van der Waals surface area contributed by atoms with Crippen molar-refractivity contribution in [2.75, 3.05) is 31.1 Å². The number of nitrogens with zero attached hydrogens (tertiary/aromatic N) is 4. The Morgan fingerprint density at radius 3 is 2.70 bits per heavy atom. The van der Waals surface area contributed by atoms with Crippen LogP contribution in [0.15, 0.2) is 53.6 Å². The molecule has 0 aliphatic carbocycles. The van der Waals surface area contributed by atoms with E-state index in [0.29, 0.717) is 36.3 Å². The average Bonchev–Trinajstić information content (AvgIpc) is 3.44. The number of amides is 2. The normalized spacial score (nSPS) is 21.0. The summed E-state index contributed by atoms with van der Waals surface area (Å²) in [6, 6.07) is 11.7. The molecule has 3 aliphatic heterocycles. The maximum absolute atomic E-state index is 13.5. The van der Waals surface area contributed by atoms with E-state index in [1.165, 1.54) is 0 Å². The van der Waals surface area contributed by atoms with E-state index >= 15 is 0 Å². The topological polar surface area (TPSA) is 84.2 Å². The van der Waals surface area contributed by atoms with Crippen LogP contribution < -0.4 is 21.1 Å². The number of pyridine rings is 1. The van der Waals surface area contributed by atoms with Gasteiger partial charge in [0.1, 0.15) is 5.82 Å². The van der Waals surface area contributed by atoms with Crippen LogP contribution in [0, 0.1) is 5.92 Å². The first kappa shape index (κ1) is 23.4. The summed E-state index contributed by atoms with van der Waals surface area (Å²) in [5.41, 5.74) is 3.45. The molecule has 2 amide bonds. The first-order valence-electron chi connectivity index (χ1n) is 10.8. The largest absolute Gasteiger partial charge is 0.336 e. The number of hydrogen-bond acceptors (Lipinski definition) is 4. The van der Waals surface area contributed by atoms with Crippen LogP contribution in [-0.4, -0.2) is 46.3 Å². The number of hydrogen-bond donors (Lipinski definition) is 2. The Morgan fingerprint density at radius 1 is 1.03 bits per heavy atom. The zero-order valence-electron chi connectivity index (χ0n) is 17.9. The SMILES string of the molecule is Cl.Cl.O=C1NCCN1c1cccc(-n2ccnc2-c2ccc3n(c2=O)C[C@@H]2CNC[C@H]3C2)c1. The van der Waals surface area contributed by atoms with Crippen molar-refractivity contribution in [3.63, 3.8) is 0 Å². The van der Waals surface area contributed by atoms with Crippen LogP contribution in [0.2, 0.25) is 0 Å². The molecule has 0 spiro atoms. The van der Waals surface area contributed by atoms with Crippen molar-refractivity contribution in [3.8, 4) is 17.1 Å². The highest BCUT2D eigenvalue weighted by atomic mass is 35.5. The minimum atomic E-state index is -0.0871. The first-order chi connectivity index (χ1) is 15.2. The molecule has 2 fully saturated rings. The average molecular weight is 489 g/mol. The van der Waals surface area contributed by atoms with Crippen LogP contribution in [0.4, 0.5) is 10.5 Å². The summed E-state index contributed by atoms with van der Waals surface area (Å²) in [7, 11) is 0. The number of rotatable bonds is 3. The lowest BCUT2D eigenvalue weighted by molar-refractivity contribution is 0.252. The molecule has 0 unspecified atom stereocenters. The number of fused-ring (bicyclic) bond motifs is 4. The van der Waals surface area contributed by atoms with Gasteiger partial charge < -0.3 is 15.2 Å². The fraction of sp³-hybridized carbons (Fsp3) is 0.348. The Labute approximate surface area is 203 Å². The van der Waals surface area contributed by atoms with Crippen molar-refractivity contribution in [3.05, 3.63) is 64.8 Å². The molecule has 2 aromatic heterocycles. The number of aromatic nitrogens is 3. The summed E-state index contributed by atoms with van der Waals surface area (Å²) in [6.07, 6.45) is 4.73. The van der Waals surface area contributed by atoms with Crippen molar-refractivity contribution in [1.82, 2.24) is 24.8 Å². The molecule has 2 atom stereocenters. The Balaban J connectivity index is 0.00000130. The molecular formula is C23H26Cl2N6O2. The molecule has 8 nitrogen and oxygen atoms in total. The van der Waals surface area contributed by atoms with Gasteiger partial charge in [-0.2, -0.15) is 0 Å². The van der Waals surface area contributed by atoms with Crippen molar-refractivity contribution in [2.24, 2.45) is 5.92 Å². The van der Waals surface area contributed by atoms with Gasteiger partial charge in [0.25, 0.3) is 5.56 Å². The van der Waals surface area contributed by atoms with E-state index in [1.54, 1.807) is 11.1 Å². The maximum atomic E-state index is 13.5. The minimum Gasteiger partial charge on any atom is -0.336 e. The minimum absolute atomic E-state index is 0. The summed E-state index contributed by atoms with van der Waals surface area (Å²) >= 11 is 0. The summed E-state index contributed by atoms with van der Waals surface area (Å²) in [5.74, 6) is 1.52. The molecule has 2 saturated heterocycles. The fourth-order valence-electron chi connectivity index (χ4n) is 5.20. The zero-order chi connectivity index (χ0) is 20.9. The number of imidazole rings is 1. The fourth-order valence-corrected chi connectivity index (χ4v) is 5.20. The van der Waals surface area contributed by atoms with Gasteiger partial charge in [-0.05, 0) is 49.2 Å². The Bertz CT molecular complexity index is 1240. The van der Waals surface area contributed by atoms with E-state index in [2.05, 4.69) is 21.7 Å². The van der Waals surface area contributed by atoms with Gasteiger partial charge in [0.2, 0.25) is 0 Å². The maximum Gasteiger partial charge on any atom is 0.321 e. The van der Waals surface area contributed by atoms with Crippen LogP contribution in [0.1, 0.15) is 18.0 Å². The highest BCUT2D eigenvalue weighted by Gasteiger charge is 2.31. The first-order valence-corrected chi connectivity index (χ1v) is 10.8. The van der Waals surface area contributed by atoms with Crippen LogP contribution >= 0.6 is 24.8 Å². The van der Waals surface area contributed by atoms with Crippen molar-refractivity contribution < 1.29 is 4.79 Å². The van der Waals surface area contributed by atoms with E-state index in [9.17, 15) is 9.59 Å². The third-order valence-electron chi connectivity index (χ3n) is 6.67. The number of nitrogens with one attached hydrogen (secondary N) is 2. The number of carbonyl (C=O) groups excluding carboxylic acids is 1. The number of piperidine rings is 1. The smallest absolute Gasteiger partial charge is 0.321 e. The molecule has 3 aliphatic rings. The van der Waals surface area contributed by atoms with Gasteiger partial charge in [-0.25, -0.2) is 9.78 Å². The molecule has 2 N–H and O–H groups in total. The van der Waals surface area contributed by atoms with Gasteiger partial charge in [-0.1, -0.05) is 6.07 Å². The van der Waals surface area contributed by atoms with Crippen molar-refractivity contribution >= 4 is 36.5 Å². The molecule has 0 radical (unpaired) electrons. The molecule has 3 aromatic rings. The van der Waals surface area contributed by atoms with Crippen LogP contribution in [0.3, 0.4) is 0 Å². The summed E-state index contributed by atoms with van der Waals surface area (Å²) in [6.45, 7) is 3.94. The van der Waals surface area contributed by atoms with E-state index < -0.39 is 0 Å². The van der Waals surface area contributed by atoms with Gasteiger partial charge in [-0.3, -0.25) is 14.3 Å². The predicted octanol–water partition coefficient (Wildman–Crippen LogP) is 2.78. The number of carbonyl (C=O) groups is 1. The van der Waals surface area contributed by atoms with E-state index in [0.717, 1.165) is 43.1 Å². The Hall–Kier alpha value is -2.81. The molecule has 10 heteroatoms. The molecule has 5 heterocycles. The molecule has 0 saturated carbocycles. The van der Waals surface area contributed by atoms with Gasteiger partial charge in [0.05, 0.1) is 5.56 Å². The van der Waals surface area contributed by atoms with E-state index in [4.69, 9.17) is 0 Å². The predicted molar refractivity (Wildman–Crippen MR) is 132 cm³/mol. The second-order valence-electron chi connectivity index (χ2n) is 8.57. The number of benzene rings is 1. The van der Waals surface area contributed by atoms with Crippen molar-refractivity contribution in [1.29, 1.82) is 0 Å². The summed E-state index contributed by atoms with van der Waals surface area (Å²) in [5, 5.41) is 6.32.